The van der Waals surface area contributed by atoms with E-state index < -0.39 is 0 Å². The zero-order chi connectivity index (χ0) is 17.5. The molecule has 0 aliphatic carbocycles. The summed E-state index contributed by atoms with van der Waals surface area (Å²) >= 11 is 0. The van der Waals surface area contributed by atoms with Gasteiger partial charge >= 0.3 is 0 Å². The smallest absolute Gasteiger partial charge is 0.251 e. The van der Waals surface area contributed by atoms with Crippen LogP contribution >= 0.6 is 0 Å². The Bertz CT molecular complexity index is 669. The van der Waals surface area contributed by atoms with Crippen LogP contribution in [0, 0.1) is 0 Å². The molecule has 2 aromatic rings. The summed E-state index contributed by atoms with van der Waals surface area (Å²) in [5.41, 5.74) is 1.83. The molecule has 1 aliphatic heterocycles. The second-order valence-corrected chi connectivity index (χ2v) is 6.59. The van der Waals surface area contributed by atoms with Gasteiger partial charge in [0.05, 0.1) is 12.8 Å². The predicted molar refractivity (Wildman–Crippen MR) is 96.1 cm³/mol. The SMILES string of the molecule is O=C(NCc1ccco1)c1cccc(CN2CCCC2CCCO)c1. The molecular formula is C20H26N2O3. The third kappa shape index (κ3) is 4.94. The third-order valence-corrected chi connectivity index (χ3v) is 4.77. The highest BCUT2D eigenvalue weighted by Crippen LogP contribution is 2.23. The Balaban J connectivity index is 1.58. The summed E-state index contributed by atoms with van der Waals surface area (Å²) in [5, 5.41) is 11.9. The highest BCUT2D eigenvalue weighted by molar-refractivity contribution is 5.94. The normalized spacial score (nSPS) is 17.7. The van der Waals surface area contributed by atoms with Crippen molar-refractivity contribution in [2.45, 2.75) is 44.8 Å². The largest absolute Gasteiger partial charge is 0.467 e. The summed E-state index contributed by atoms with van der Waals surface area (Å²) in [7, 11) is 0. The monoisotopic (exact) mass is 342 g/mol. The number of nitrogens with one attached hydrogen (secondary N) is 1. The number of carbonyl (C=O) groups excluding carboxylic acids is 1. The molecule has 2 heterocycles. The van der Waals surface area contributed by atoms with Gasteiger partial charge in [0.2, 0.25) is 0 Å². The maximum absolute atomic E-state index is 12.3. The van der Waals surface area contributed by atoms with Gasteiger partial charge in [-0.25, -0.2) is 0 Å². The Labute approximate surface area is 148 Å². The lowest BCUT2D eigenvalue weighted by molar-refractivity contribution is 0.0948. The zero-order valence-corrected chi connectivity index (χ0v) is 14.5. The van der Waals surface area contributed by atoms with E-state index in [1.165, 1.54) is 12.8 Å². The van der Waals surface area contributed by atoms with E-state index in [9.17, 15) is 4.79 Å². The van der Waals surface area contributed by atoms with Gasteiger partial charge in [0.15, 0.2) is 0 Å². The van der Waals surface area contributed by atoms with Gasteiger partial charge in [-0.3, -0.25) is 9.69 Å². The summed E-state index contributed by atoms with van der Waals surface area (Å²) in [6.45, 7) is 2.60. The maximum atomic E-state index is 12.3. The predicted octanol–water partition coefficient (Wildman–Crippen LogP) is 2.95. The minimum absolute atomic E-state index is 0.0866. The van der Waals surface area contributed by atoms with Crippen LogP contribution in [0.3, 0.4) is 0 Å². The van der Waals surface area contributed by atoms with Crippen LogP contribution in [0.5, 0.6) is 0 Å². The van der Waals surface area contributed by atoms with Gasteiger partial charge in [0.25, 0.3) is 5.91 Å². The van der Waals surface area contributed by atoms with Gasteiger partial charge < -0.3 is 14.8 Å². The van der Waals surface area contributed by atoms with Crippen molar-refractivity contribution in [3.63, 3.8) is 0 Å². The number of aliphatic hydroxyl groups is 1. The Morgan fingerprint density at radius 2 is 2.24 bits per heavy atom. The van der Waals surface area contributed by atoms with Crippen molar-refractivity contribution in [1.29, 1.82) is 0 Å². The molecule has 2 N–H and O–H groups in total. The number of carbonyl (C=O) groups is 1. The standard InChI is InChI=1S/C20H26N2O3/c23-11-3-8-18-7-2-10-22(18)15-16-5-1-6-17(13-16)20(24)21-14-19-9-4-12-25-19/h1,4-6,9,12-13,18,23H,2-3,7-8,10-11,14-15H2,(H,21,24). The van der Waals surface area contributed by atoms with E-state index >= 15 is 0 Å². The number of rotatable bonds is 8. The fraction of sp³-hybridized carbons (Fsp3) is 0.450. The van der Waals surface area contributed by atoms with E-state index in [1.807, 2.05) is 30.3 Å². The van der Waals surface area contributed by atoms with Crippen LogP contribution in [-0.4, -0.2) is 35.1 Å². The fourth-order valence-electron chi connectivity index (χ4n) is 3.49. The van der Waals surface area contributed by atoms with E-state index in [0.717, 1.165) is 37.3 Å². The van der Waals surface area contributed by atoms with Crippen molar-refractivity contribution in [2.24, 2.45) is 0 Å². The highest BCUT2D eigenvalue weighted by Gasteiger charge is 2.24. The number of likely N-dealkylation sites (tertiary alicyclic amines) is 1. The van der Waals surface area contributed by atoms with Crippen LogP contribution in [0.2, 0.25) is 0 Å². The topological polar surface area (TPSA) is 65.7 Å². The molecular weight excluding hydrogens is 316 g/mol. The molecule has 1 fully saturated rings. The van der Waals surface area contributed by atoms with Gasteiger partial charge in [-0.1, -0.05) is 12.1 Å². The molecule has 1 aliphatic rings. The van der Waals surface area contributed by atoms with Crippen LogP contribution in [0.4, 0.5) is 0 Å². The molecule has 0 radical (unpaired) electrons. The molecule has 1 atom stereocenters. The van der Waals surface area contributed by atoms with Gasteiger partial charge in [-0.15, -0.1) is 0 Å². The summed E-state index contributed by atoms with van der Waals surface area (Å²) < 4.78 is 5.24. The lowest BCUT2D eigenvalue weighted by Crippen LogP contribution is -2.29. The molecule has 5 heteroatoms. The number of amides is 1. The maximum Gasteiger partial charge on any atom is 0.251 e. The molecule has 0 saturated carbocycles. The zero-order valence-electron chi connectivity index (χ0n) is 14.5. The average molecular weight is 342 g/mol. The molecule has 1 aromatic heterocycles. The Hall–Kier alpha value is -2.11. The summed E-state index contributed by atoms with van der Waals surface area (Å²) in [6.07, 6.45) is 5.91. The number of nitrogens with zero attached hydrogens (tertiary/aromatic N) is 1. The van der Waals surface area contributed by atoms with E-state index in [-0.39, 0.29) is 12.5 Å². The van der Waals surface area contributed by atoms with Crippen molar-refractivity contribution in [1.82, 2.24) is 10.2 Å². The lowest BCUT2D eigenvalue weighted by Gasteiger charge is -2.24. The molecule has 0 bridgehead atoms. The van der Waals surface area contributed by atoms with Gasteiger partial charge in [0, 0.05) is 24.8 Å². The first-order chi connectivity index (χ1) is 12.3. The summed E-state index contributed by atoms with van der Waals surface area (Å²) in [4.78, 5) is 14.8. The van der Waals surface area contributed by atoms with E-state index in [2.05, 4.69) is 16.3 Å². The summed E-state index contributed by atoms with van der Waals surface area (Å²) in [5.74, 6) is 0.657. The Kier molecular flexibility index (Phi) is 6.25. The third-order valence-electron chi connectivity index (χ3n) is 4.77. The number of aliphatic hydroxyl groups excluding tert-OH is 1. The van der Waals surface area contributed by atoms with Crippen LogP contribution in [0.15, 0.2) is 47.1 Å². The van der Waals surface area contributed by atoms with Crippen LogP contribution in [-0.2, 0) is 13.1 Å². The molecule has 0 spiro atoms. The first-order valence-electron chi connectivity index (χ1n) is 9.00. The van der Waals surface area contributed by atoms with E-state index in [0.29, 0.717) is 18.2 Å². The Morgan fingerprint density at radius 1 is 1.32 bits per heavy atom. The van der Waals surface area contributed by atoms with Crippen molar-refractivity contribution < 1.29 is 14.3 Å². The fourth-order valence-corrected chi connectivity index (χ4v) is 3.49. The highest BCUT2D eigenvalue weighted by atomic mass is 16.3. The van der Waals surface area contributed by atoms with Crippen molar-refractivity contribution in [3.05, 3.63) is 59.5 Å². The second kappa shape index (κ2) is 8.83. The molecule has 1 aromatic carbocycles. The lowest BCUT2D eigenvalue weighted by atomic mass is 10.1. The molecule has 1 saturated heterocycles. The first kappa shape index (κ1) is 17.7. The molecule has 5 nitrogen and oxygen atoms in total. The minimum atomic E-state index is -0.0866. The number of hydrogen-bond acceptors (Lipinski definition) is 4. The van der Waals surface area contributed by atoms with Crippen LogP contribution < -0.4 is 5.32 Å². The molecule has 1 amide bonds. The van der Waals surface area contributed by atoms with E-state index in [1.54, 1.807) is 6.26 Å². The van der Waals surface area contributed by atoms with Crippen molar-refractivity contribution >= 4 is 5.91 Å². The van der Waals surface area contributed by atoms with Gasteiger partial charge in [0.1, 0.15) is 5.76 Å². The van der Waals surface area contributed by atoms with Crippen LogP contribution in [0.25, 0.3) is 0 Å². The van der Waals surface area contributed by atoms with Crippen LogP contribution in [0.1, 0.15) is 47.4 Å². The molecule has 134 valence electrons. The molecule has 3 rings (SSSR count). The Morgan fingerprint density at radius 3 is 3.04 bits per heavy atom. The number of furan rings is 1. The van der Waals surface area contributed by atoms with Crippen molar-refractivity contribution in [3.8, 4) is 0 Å². The number of benzene rings is 1. The second-order valence-electron chi connectivity index (χ2n) is 6.59. The minimum Gasteiger partial charge on any atom is -0.467 e. The van der Waals surface area contributed by atoms with Crippen molar-refractivity contribution in [2.75, 3.05) is 13.2 Å². The van der Waals surface area contributed by atoms with Gasteiger partial charge in [-0.05, 0) is 62.1 Å². The quantitative estimate of drug-likeness (QED) is 0.774. The summed E-state index contributed by atoms with van der Waals surface area (Å²) in [6, 6.07) is 12.0. The van der Waals surface area contributed by atoms with Gasteiger partial charge in [-0.2, -0.15) is 0 Å². The van der Waals surface area contributed by atoms with E-state index in [4.69, 9.17) is 9.52 Å². The first-order valence-corrected chi connectivity index (χ1v) is 9.00. The number of hydrogen-bond donors (Lipinski definition) is 2. The molecule has 25 heavy (non-hydrogen) atoms. The molecule has 1 unspecified atom stereocenters. The average Bonchev–Trinajstić information content (AvgIpc) is 3.30.